The van der Waals surface area contributed by atoms with E-state index >= 15 is 0 Å². The molecule has 1 aromatic heterocycles. The van der Waals surface area contributed by atoms with E-state index in [4.69, 9.17) is 16.3 Å². The molecule has 0 radical (unpaired) electrons. The molecule has 5 nitrogen and oxygen atoms in total. The van der Waals surface area contributed by atoms with Gasteiger partial charge < -0.3 is 10.1 Å². The summed E-state index contributed by atoms with van der Waals surface area (Å²) in [6.07, 6.45) is 0.845. The number of rotatable bonds is 3. The van der Waals surface area contributed by atoms with Crippen LogP contribution in [0.1, 0.15) is 24.2 Å². The van der Waals surface area contributed by atoms with Crippen LogP contribution in [0.2, 0.25) is 5.02 Å². The molecule has 0 unspecified atom stereocenters. The SMILES string of the molecule is COC(=O)C1=C(C)NC(c2ncc(F)cc2F)=N[C@@H]1c1ccc(F)cc1Cl. The predicted molar refractivity (Wildman–Crippen MR) is 92.7 cm³/mol. The molecular weight excluding hydrogens is 383 g/mol. The van der Waals surface area contributed by atoms with E-state index in [1.54, 1.807) is 6.92 Å². The number of allylic oxidation sites excluding steroid dienone is 1. The molecule has 1 atom stereocenters. The first-order valence-electron chi connectivity index (χ1n) is 7.72. The second-order valence-electron chi connectivity index (χ2n) is 5.69. The van der Waals surface area contributed by atoms with Gasteiger partial charge in [0.25, 0.3) is 0 Å². The maximum Gasteiger partial charge on any atom is 0.338 e. The van der Waals surface area contributed by atoms with E-state index in [1.807, 2.05) is 0 Å². The van der Waals surface area contributed by atoms with Crippen molar-refractivity contribution in [1.29, 1.82) is 0 Å². The summed E-state index contributed by atoms with van der Waals surface area (Å²) >= 11 is 6.13. The second-order valence-corrected chi connectivity index (χ2v) is 6.09. The second kappa shape index (κ2) is 7.40. The van der Waals surface area contributed by atoms with Gasteiger partial charge in [-0.1, -0.05) is 17.7 Å². The van der Waals surface area contributed by atoms with Crippen molar-refractivity contribution in [2.75, 3.05) is 7.11 Å². The number of methoxy groups -OCH3 is 1. The van der Waals surface area contributed by atoms with Gasteiger partial charge in [-0.15, -0.1) is 0 Å². The van der Waals surface area contributed by atoms with Crippen LogP contribution in [0.25, 0.3) is 0 Å². The summed E-state index contributed by atoms with van der Waals surface area (Å²) in [5, 5.41) is 2.81. The molecule has 0 bridgehead atoms. The number of nitrogens with zero attached hydrogens (tertiary/aromatic N) is 2. The monoisotopic (exact) mass is 395 g/mol. The van der Waals surface area contributed by atoms with Crippen molar-refractivity contribution in [3.63, 3.8) is 0 Å². The Morgan fingerprint density at radius 1 is 1.22 bits per heavy atom. The topological polar surface area (TPSA) is 63.6 Å². The molecule has 1 aliphatic heterocycles. The van der Waals surface area contributed by atoms with Crippen molar-refractivity contribution >= 4 is 23.4 Å². The van der Waals surface area contributed by atoms with Gasteiger partial charge >= 0.3 is 5.97 Å². The van der Waals surface area contributed by atoms with Crippen LogP contribution in [0.4, 0.5) is 13.2 Å². The molecule has 2 aromatic rings. The number of amidine groups is 1. The molecule has 27 heavy (non-hydrogen) atoms. The third kappa shape index (κ3) is 3.66. The number of halogens is 4. The van der Waals surface area contributed by atoms with Crippen molar-refractivity contribution in [3.05, 3.63) is 75.5 Å². The van der Waals surface area contributed by atoms with E-state index in [9.17, 15) is 18.0 Å². The van der Waals surface area contributed by atoms with Crippen molar-refractivity contribution in [1.82, 2.24) is 10.3 Å². The van der Waals surface area contributed by atoms with Gasteiger partial charge in [-0.05, 0) is 19.1 Å². The lowest BCUT2D eigenvalue weighted by Crippen LogP contribution is -2.33. The molecule has 1 aliphatic rings. The number of ether oxygens (including phenoxy) is 1. The highest BCUT2D eigenvalue weighted by molar-refractivity contribution is 6.31. The lowest BCUT2D eigenvalue weighted by molar-refractivity contribution is -0.136. The number of benzene rings is 1. The molecule has 0 aliphatic carbocycles. The van der Waals surface area contributed by atoms with E-state index < -0.39 is 29.5 Å². The smallest absolute Gasteiger partial charge is 0.338 e. The van der Waals surface area contributed by atoms with Crippen molar-refractivity contribution in [2.45, 2.75) is 13.0 Å². The largest absolute Gasteiger partial charge is 0.466 e. The third-order valence-corrected chi connectivity index (χ3v) is 4.26. The Morgan fingerprint density at radius 2 is 1.96 bits per heavy atom. The molecular formula is C18H13ClF3N3O2. The summed E-state index contributed by atoms with van der Waals surface area (Å²) < 4.78 is 45.5. The molecule has 1 N–H and O–H groups in total. The van der Waals surface area contributed by atoms with Crippen LogP contribution in [-0.2, 0) is 9.53 Å². The highest BCUT2D eigenvalue weighted by atomic mass is 35.5. The maximum absolute atomic E-state index is 14.1. The van der Waals surface area contributed by atoms with E-state index in [2.05, 4.69) is 15.3 Å². The third-order valence-electron chi connectivity index (χ3n) is 3.94. The lowest BCUT2D eigenvalue weighted by atomic mass is 9.95. The number of hydrogen-bond donors (Lipinski definition) is 1. The number of aliphatic imine (C=N–C) groups is 1. The van der Waals surface area contributed by atoms with E-state index in [0.29, 0.717) is 17.3 Å². The van der Waals surface area contributed by atoms with Gasteiger partial charge in [-0.3, -0.25) is 4.99 Å². The first-order valence-corrected chi connectivity index (χ1v) is 8.10. The molecule has 3 rings (SSSR count). The number of hydrogen-bond acceptors (Lipinski definition) is 5. The molecule has 0 spiro atoms. The van der Waals surface area contributed by atoms with Crippen molar-refractivity contribution in [2.24, 2.45) is 4.99 Å². The minimum absolute atomic E-state index is 0.0250. The van der Waals surface area contributed by atoms with E-state index in [-0.39, 0.29) is 22.1 Å². The minimum atomic E-state index is -0.993. The van der Waals surface area contributed by atoms with Gasteiger partial charge in [0.2, 0.25) is 0 Å². The van der Waals surface area contributed by atoms with Crippen LogP contribution >= 0.6 is 11.6 Å². The van der Waals surface area contributed by atoms with Gasteiger partial charge in [-0.2, -0.15) is 0 Å². The number of pyridine rings is 1. The summed E-state index contributed by atoms with van der Waals surface area (Å²) in [4.78, 5) is 20.3. The van der Waals surface area contributed by atoms with E-state index in [0.717, 1.165) is 12.3 Å². The molecule has 0 saturated heterocycles. The van der Waals surface area contributed by atoms with Gasteiger partial charge in [0.15, 0.2) is 11.7 Å². The highest BCUT2D eigenvalue weighted by Gasteiger charge is 2.32. The molecule has 0 saturated carbocycles. The van der Waals surface area contributed by atoms with Crippen LogP contribution in [-0.4, -0.2) is 23.9 Å². The number of esters is 1. The predicted octanol–water partition coefficient (Wildman–Crippen LogP) is 3.69. The maximum atomic E-state index is 14.1. The number of carbonyl (C=O) groups is 1. The number of aromatic nitrogens is 1. The molecule has 0 amide bonds. The first-order chi connectivity index (χ1) is 12.8. The Kier molecular flexibility index (Phi) is 5.18. The highest BCUT2D eigenvalue weighted by Crippen LogP contribution is 2.36. The zero-order valence-corrected chi connectivity index (χ0v) is 14.9. The lowest BCUT2D eigenvalue weighted by Gasteiger charge is -2.26. The van der Waals surface area contributed by atoms with Crippen LogP contribution in [0, 0.1) is 17.5 Å². The van der Waals surface area contributed by atoms with Crippen molar-refractivity contribution in [3.8, 4) is 0 Å². The van der Waals surface area contributed by atoms with Crippen LogP contribution in [0.5, 0.6) is 0 Å². The fourth-order valence-electron chi connectivity index (χ4n) is 2.71. The summed E-state index contributed by atoms with van der Waals surface area (Å²) in [6, 6.07) is 3.29. The molecule has 9 heteroatoms. The van der Waals surface area contributed by atoms with Crippen molar-refractivity contribution < 1.29 is 22.7 Å². The number of nitrogens with one attached hydrogen (secondary N) is 1. The molecule has 2 heterocycles. The average Bonchev–Trinajstić information content (AvgIpc) is 2.60. The standard InChI is InChI=1S/C18H13ClF3N3O2/c1-8-14(18(26)27-2)15(11-4-3-9(20)5-12(11)19)25-17(24-8)16-13(22)6-10(21)7-23-16/h3-7,15H,1-2H3,(H,24,25)/t15-/m1/s1. The quantitative estimate of drug-likeness (QED) is 0.805. The number of carbonyl (C=O) groups excluding carboxylic acids is 1. The van der Waals surface area contributed by atoms with Crippen LogP contribution in [0.15, 0.2) is 46.7 Å². The van der Waals surface area contributed by atoms with Gasteiger partial charge in [0.1, 0.15) is 23.4 Å². The Bertz CT molecular complexity index is 992. The van der Waals surface area contributed by atoms with Crippen LogP contribution < -0.4 is 5.32 Å². The summed E-state index contributed by atoms with van der Waals surface area (Å²) in [5.74, 6) is -3.04. The fourth-order valence-corrected chi connectivity index (χ4v) is 2.98. The summed E-state index contributed by atoms with van der Waals surface area (Å²) in [5.41, 5.74) is 0.530. The Hall–Kier alpha value is -2.87. The van der Waals surface area contributed by atoms with E-state index in [1.165, 1.54) is 19.2 Å². The first kappa shape index (κ1) is 18.9. The fraction of sp³-hybridized carbons (Fsp3) is 0.167. The zero-order chi connectivity index (χ0) is 19.7. The normalized spacial score (nSPS) is 16.7. The molecule has 140 valence electrons. The van der Waals surface area contributed by atoms with Gasteiger partial charge in [-0.25, -0.2) is 22.9 Å². The average molecular weight is 396 g/mol. The van der Waals surface area contributed by atoms with Gasteiger partial charge in [0, 0.05) is 22.3 Å². The Labute approximate surface area is 157 Å². The van der Waals surface area contributed by atoms with Crippen LogP contribution in [0.3, 0.4) is 0 Å². The Balaban J connectivity index is 2.17. The zero-order valence-electron chi connectivity index (χ0n) is 14.2. The minimum Gasteiger partial charge on any atom is -0.466 e. The molecule has 0 fully saturated rings. The summed E-state index contributed by atoms with van der Waals surface area (Å²) in [6.45, 7) is 1.56. The Morgan fingerprint density at radius 3 is 2.59 bits per heavy atom. The summed E-state index contributed by atoms with van der Waals surface area (Å²) in [7, 11) is 1.20. The van der Waals surface area contributed by atoms with Gasteiger partial charge in [0.05, 0.1) is 18.9 Å². The molecule has 1 aromatic carbocycles.